The molecule has 9 heteroatoms. The Morgan fingerprint density at radius 3 is 2.59 bits per heavy atom. The molecule has 0 aliphatic heterocycles. The number of carbonyl (C=O) groups excluding carboxylic acids is 1. The fourth-order valence-corrected chi connectivity index (χ4v) is 1.90. The smallest absolute Gasteiger partial charge is 0.314 e. The summed E-state index contributed by atoms with van der Waals surface area (Å²) in [7, 11) is 0. The molecule has 0 radical (unpaired) electrons. The van der Waals surface area contributed by atoms with Crippen LogP contribution in [0.2, 0.25) is 5.02 Å². The number of nitrogens with one attached hydrogen (secondary N) is 2. The largest absolute Gasteiger partial charge is 0.481 e. The molecule has 0 atom stereocenters. The highest BCUT2D eigenvalue weighted by atomic mass is 35.5. The van der Waals surface area contributed by atoms with Crippen molar-refractivity contribution in [2.24, 2.45) is 0 Å². The van der Waals surface area contributed by atoms with Gasteiger partial charge in [0.05, 0.1) is 4.92 Å². The molecule has 120 valence electrons. The lowest BCUT2D eigenvalue weighted by Gasteiger charge is -2.07. The minimum Gasteiger partial charge on any atom is -0.481 e. The number of nitro benzene ring substituents is 1. The number of nitro groups is 1. The molecule has 2 amide bonds. The van der Waals surface area contributed by atoms with E-state index in [2.05, 4.69) is 10.6 Å². The fourth-order valence-electron chi connectivity index (χ4n) is 1.73. The average molecular weight is 330 g/mol. The van der Waals surface area contributed by atoms with Crippen molar-refractivity contribution >= 4 is 29.3 Å². The van der Waals surface area contributed by atoms with Gasteiger partial charge in [-0.3, -0.25) is 14.9 Å². The van der Waals surface area contributed by atoms with Gasteiger partial charge in [0.25, 0.3) is 5.69 Å². The Morgan fingerprint density at radius 1 is 1.27 bits per heavy atom. The molecule has 0 saturated heterocycles. The van der Waals surface area contributed by atoms with E-state index in [0.29, 0.717) is 12.0 Å². The maximum absolute atomic E-state index is 11.4. The second-order valence-electron chi connectivity index (χ2n) is 4.46. The van der Waals surface area contributed by atoms with Gasteiger partial charge in [0, 0.05) is 36.2 Å². The molecule has 8 nitrogen and oxygen atoms in total. The van der Waals surface area contributed by atoms with E-state index < -0.39 is 16.9 Å². The van der Waals surface area contributed by atoms with Gasteiger partial charge in [-0.1, -0.05) is 17.7 Å². The van der Waals surface area contributed by atoms with E-state index >= 15 is 0 Å². The van der Waals surface area contributed by atoms with Crippen LogP contribution in [0.3, 0.4) is 0 Å². The van der Waals surface area contributed by atoms with Crippen molar-refractivity contribution in [1.29, 1.82) is 0 Å². The van der Waals surface area contributed by atoms with Gasteiger partial charge in [-0.2, -0.15) is 0 Å². The molecule has 0 bridgehead atoms. The number of carboxylic acids is 1. The quantitative estimate of drug-likeness (QED) is 0.382. The first kappa shape index (κ1) is 17.7. The number of amides is 2. The molecule has 22 heavy (non-hydrogen) atoms. The minimum atomic E-state index is -0.919. The van der Waals surface area contributed by atoms with Crippen LogP contribution in [0.5, 0.6) is 0 Å². The summed E-state index contributed by atoms with van der Waals surface area (Å²) >= 11 is 5.71. The van der Waals surface area contributed by atoms with E-state index in [1.165, 1.54) is 6.07 Å². The third kappa shape index (κ3) is 6.40. The first-order valence-corrected chi connectivity index (χ1v) is 6.94. The van der Waals surface area contributed by atoms with Crippen molar-refractivity contribution in [3.05, 3.63) is 38.9 Å². The predicted molar refractivity (Wildman–Crippen MR) is 80.1 cm³/mol. The van der Waals surface area contributed by atoms with Crippen molar-refractivity contribution in [1.82, 2.24) is 10.6 Å². The van der Waals surface area contributed by atoms with E-state index in [0.717, 1.165) is 0 Å². The van der Waals surface area contributed by atoms with Gasteiger partial charge in [0.1, 0.15) is 0 Å². The molecule has 3 N–H and O–H groups in total. The zero-order chi connectivity index (χ0) is 16.5. The molecule has 0 saturated carbocycles. The number of hydrogen-bond acceptors (Lipinski definition) is 4. The first-order valence-electron chi connectivity index (χ1n) is 6.56. The molecule has 0 aliphatic carbocycles. The lowest BCUT2D eigenvalue weighted by atomic mass is 10.1. The second kappa shape index (κ2) is 8.83. The Bertz CT molecular complexity index is 565. The van der Waals surface area contributed by atoms with E-state index in [1.807, 2.05) is 0 Å². The van der Waals surface area contributed by atoms with Crippen LogP contribution in [0, 0.1) is 10.1 Å². The van der Waals surface area contributed by atoms with Gasteiger partial charge in [-0.05, 0) is 18.9 Å². The van der Waals surface area contributed by atoms with E-state index in [-0.39, 0.29) is 36.6 Å². The summed E-state index contributed by atoms with van der Waals surface area (Å²) in [6.07, 6.45) is 0.610. The lowest BCUT2D eigenvalue weighted by molar-refractivity contribution is -0.385. The Kier molecular flexibility index (Phi) is 7.11. The molecular formula is C13H16ClN3O5. The van der Waals surface area contributed by atoms with Crippen molar-refractivity contribution < 1.29 is 19.6 Å². The molecule has 0 aromatic heterocycles. The number of halogens is 1. The first-order chi connectivity index (χ1) is 10.4. The molecule has 1 aromatic rings. The van der Waals surface area contributed by atoms with Gasteiger partial charge < -0.3 is 15.7 Å². The molecule has 0 heterocycles. The van der Waals surface area contributed by atoms with Crippen LogP contribution in [0.1, 0.15) is 18.4 Å². The fraction of sp³-hybridized carbons (Fsp3) is 0.385. The van der Waals surface area contributed by atoms with E-state index in [1.54, 1.807) is 12.1 Å². The number of carbonyl (C=O) groups is 2. The third-order valence-corrected chi connectivity index (χ3v) is 3.01. The summed E-state index contributed by atoms with van der Waals surface area (Å²) in [6.45, 7) is 0.465. The van der Waals surface area contributed by atoms with Crippen molar-refractivity contribution in [2.45, 2.75) is 19.3 Å². The number of carboxylic acid groups (broad SMARTS) is 1. The van der Waals surface area contributed by atoms with Gasteiger partial charge in [-0.15, -0.1) is 0 Å². The number of nitrogens with zero attached hydrogens (tertiary/aromatic N) is 1. The maximum atomic E-state index is 11.4. The Morgan fingerprint density at radius 2 is 1.95 bits per heavy atom. The summed E-state index contributed by atoms with van der Waals surface area (Å²) in [5.74, 6) is -0.919. The second-order valence-corrected chi connectivity index (χ2v) is 4.90. The highest BCUT2D eigenvalue weighted by Crippen LogP contribution is 2.23. The molecule has 0 aliphatic rings. The van der Waals surface area contributed by atoms with E-state index in [9.17, 15) is 19.7 Å². The average Bonchev–Trinajstić information content (AvgIpc) is 2.44. The minimum absolute atomic E-state index is 0.0166. The normalized spacial score (nSPS) is 10.0. The Balaban J connectivity index is 2.36. The SMILES string of the molecule is O=C(O)CCCNC(=O)NCCc1ccc(Cl)cc1[N+](=O)[O-]. The highest BCUT2D eigenvalue weighted by Gasteiger charge is 2.14. The topological polar surface area (TPSA) is 122 Å². The van der Waals surface area contributed by atoms with E-state index in [4.69, 9.17) is 16.7 Å². The lowest BCUT2D eigenvalue weighted by Crippen LogP contribution is -2.37. The van der Waals surface area contributed by atoms with Crippen LogP contribution in [0.15, 0.2) is 18.2 Å². The number of hydrogen-bond donors (Lipinski definition) is 3. The summed E-state index contributed by atoms with van der Waals surface area (Å²) < 4.78 is 0. The van der Waals surface area contributed by atoms with Crippen LogP contribution in [0.4, 0.5) is 10.5 Å². The Hall–Kier alpha value is -2.35. The predicted octanol–water partition coefficient (Wildman–Crippen LogP) is 1.95. The van der Waals surface area contributed by atoms with Crippen molar-refractivity contribution in [3.8, 4) is 0 Å². The summed E-state index contributed by atoms with van der Waals surface area (Å²) in [4.78, 5) is 32.1. The zero-order valence-corrected chi connectivity index (χ0v) is 12.4. The van der Waals surface area contributed by atoms with Gasteiger partial charge in [-0.25, -0.2) is 4.79 Å². The zero-order valence-electron chi connectivity index (χ0n) is 11.7. The maximum Gasteiger partial charge on any atom is 0.314 e. The van der Waals surface area contributed by atoms with Gasteiger partial charge in [0.15, 0.2) is 0 Å². The standard InChI is InChI=1S/C13H16ClN3O5/c14-10-4-3-9(11(8-10)17(21)22)5-7-16-13(20)15-6-1-2-12(18)19/h3-4,8H,1-2,5-7H2,(H,18,19)(H2,15,16,20). The van der Waals surface area contributed by atoms with Crippen molar-refractivity contribution in [3.63, 3.8) is 0 Å². The van der Waals surface area contributed by atoms with Gasteiger partial charge in [0.2, 0.25) is 0 Å². The molecule has 1 aromatic carbocycles. The van der Waals surface area contributed by atoms with Crippen LogP contribution in [-0.2, 0) is 11.2 Å². The van der Waals surface area contributed by atoms with Crippen LogP contribution in [0.25, 0.3) is 0 Å². The summed E-state index contributed by atoms with van der Waals surface area (Å²) in [5, 5.41) is 24.7. The third-order valence-electron chi connectivity index (χ3n) is 2.78. The summed E-state index contributed by atoms with van der Waals surface area (Å²) in [6, 6.07) is 3.92. The summed E-state index contributed by atoms with van der Waals surface area (Å²) in [5.41, 5.74) is 0.386. The monoisotopic (exact) mass is 329 g/mol. The van der Waals surface area contributed by atoms with Gasteiger partial charge >= 0.3 is 12.0 Å². The van der Waals surface area contributed by atoms with Crippen molar-refractivity contribution in [2.75, 3.05) is 13.1 Å². The number of urea groups is 1. The molecule has 0 fully saturated rings. The molecule has 0 unspecified atom stereocenters. The highest BCUT2D eigenvalue weighted by molar-refractivity contribution is 6.30. The number of aliphatic carboxylic acids is 1. The molecular weight excluding hydrogens is 314 g/mol. The number of rotatable bonds is 8. The van der Waals surface area contributed by atoms with Crippen LogP contribution in [-0.4, -0.2) is 35.1 Å². The Labute approximate surface area is 131 Å². The number of benzene rings is 1. The van der Waals surface area contributed by atoms with Crippen LogP contribution < -0.4 is 10.6 Å². The molecule has 0 spiro atoms. The molecule has 1 rings (SSSR count). The van der Waals surface area contributed by atoms with Crippen LogP contribution >= 0.6 is 11.6 Å².